The number of carbonyl (C=O) groups is 1. The molecule has 116 valence electrons. The minimum absolute atomic E-state index is 0.0132. The third kappa shape index (κ3) is 3.09. The Labute approximate surface area is 128 Å². The van der Waals surface area contributed by atoms with Crippen molar-refractivity contribution in [2.75, 3.05) is 13.2 Å². The molecule has 1 amide bonds. The first kappa shape index (κ1) is 14.9. The van der Waals surface area contributed by atoms with Gasteiger partial charge in [0.2, 0.25) is 0 Å². The predicted octanol–water partition coefficient (Wildman–Crippen LogP) is 2.61. The molecular formula is C17H19FN2O2. The molecule has 22 heavy (non-hydrogen) atoms. The van der Waals surface area contributed by atoms with E-state index in [1.165, 1.54) is 12.1 Å². The number of rotatable bonds is 5. The first-order valence-electron chi connectivity index (χ1n) is 7.57. The van der Waals surface area contributed by atoms with E-state index in [9.17, 15) is 9.18 Å². The van der Waals surface area contributed by atoms with Crippen LogP contribution in [0, 0.1) is 11.7 Å². The van der Waals surface area contributed by atoms with Crippen LogP contribution in [0.15, 0.2) is 24.3 Å². The number of fused-ring (bicyclic) bond motifs is 1. The van der Waals surface area contributed by atoms with Gasteiger partial charge in [-0.1, -0.05) is 6.92 Å². The fraction of sp³-hybridized carbons (Fsp3) is 0.412. The number of hydrogen-bond acceptors (Lipinski definition) is 3. The molecule has 1 aliphatic carbocycles. The Bertz CT molecular complexity index is 713. The summed E-state index contributed by atoms with van der Waals surface area (Å²) in [5.41, 5.74) is 2.00. The number of benzene rings is 1. The lowest BCUT2D eigenvalue weighted by atomic mass is 10.0. The van der Waals surface area contributed by atoms with Gasteiger partial charge in [-0.15, -0.1) is 0 Å². The van der Waals surface area contributed by atoms with Gasteiger partial charge in [0.25, 0.3) is 5.91 Å². The van der Waals surface area contributed by atoms with Crippen molar-refractivity contribution >= 4 is 16.8 Å². The highest BCUT2D eigenvalue weighted by atomic mass is 19.1. The number of pyridine rings is 1. The molecule has 2 aromatic rings. The number of aliphatic hydroxyl groups is 1. The highest BCUT2D eigenvalue weighted by Crippen LogP contribution is 2.40. The molecule has 0 bridgehead atoms. The minimum Gasteiger partial charge on any atom is -0.396 e. The molecule has 0 spiro atoms. The van der Waals surface area contributed by atoms with E-state index >= 15 is 0 Å². The summed E-state index contributed by atoms with van der Waals surface area (Å²) in [5, 5.41) is 12.4. The average molecular weight is 302 g/mol. The van der Waals surface area contributed by atoms with Crippen LogP contribution in [-0.4, -0.2) is 29.1 Å². The van der Waals surface area contributed by atoms with Crippen LogP contribution in [0.1, 0.15) is 41.7 Å². The van der Waals surface area contributed by atoms with E-state index in [2.05, 4.69) is 10.3 Å². The van der Waals surface area contributed by atoms with Gasteiger partial charge in [-0.25, -0.2) is 4.39 Å². The van der Waals surface area contributed by atoms with Crippen LogP contribution in [0.5, 0.6) is 0 Å². The van der Waals surface area contributed by atoms with Crippen molar-refractivity contribution in [3.8, 4) is 0 Å². The number of hydrogen-bond donors (Lipinski definition) is 2. The average Bonchev–Trinajstić information content (AvgIpc) is 3.36. The molecule has 1 saturated carbocycles. The molecule has 1 heterocycles. The van der Waals surface area contributed by atoms with Gasteiger partial charge in [0.15, 0.2) is 0 Å². The normalized spacial score (nSPS) is 15.8. The Hall–Kier alpha value is -2.01. The molecule has 1 aliphatic rings. The largest absolute Gasteiger partial charge is 0.396 e. The van der Waals surface area contributed by atoms with Gasteiger partial charge in [0.05, 0.1) is 11.1 Å². The summed E-state index contributed by atoms with van der Waals surface area (Å²) in [5.74, 6) is -0.236. The molecule has 1 atom stereocenters. The topological polar surface area (TPSA) is 62.2 Å². The number of halogens is 1. The lowest BCUT2D eigenvalue weighted by Crippen LogP contribution is -2.29. The zero-order valence-corrected chi connectivity index (χ0v) is 12.5. The monoisotopic (exact) mass is 302 g/mol. The second kappa shape index (κ2) is 6.01. The van der Waals surface area contributed by atoms with Gasteiger partial charge >= 0.3 is 0 Å². The molecule has 1 unspecified atom stereocenters. The summed E-state index contributed by atoms with van der Waals surface area (Å²) in [4.78, 5) is 17.0. The van der Waals surface area contributed by atoms with Crippen molar-refractivity contribution in [3.05, 3.63) is 41.3 Å². The number of aromatic nitrogens is 1. The smallest absolute Gasteiger partial charge is 0.252 e. The zero-order chi connectivity index (χ0) is 15.7. The van der Waals surface area contributed by atoms with Crippen LogP contribution in [0.4, 0.5) is 4.39 Å². The van der Waals surface area contributed by atoms with Crippen molar-refractivity contribution < 1.29 is 14.3 Å². The third-order valence-corrected chi connectivity index (χ3v) is 3.95. The maximum absolute atomic E-state index is 13.5. The van der Waals surface area contributed by atoms with Crippen LogP contribution < -0.4 is 5.32 Å². The fourth-order valence-electron chi connectivity index (χ4n) is 2.42. The van der Waals surface area contributed by atoms with Crippen molar-refractivity contribution in [2.24, 2.45) is 5.92 Å². The van der Waals surface area contributed by atoms with Gasteiger partial charge in [0, 0.05) is 30.1 Å². The standard InChI is InChI=1S/C17H19FN2O2/c1-10(9-21)8-19-17(22)14-7-16(11-2-3-11)20-15-5-4-12(18)6-13(14)15/h4-7,10-11,21H,2-3,8-9H2,1H3,(H,19,22). The first-order valence-corrected chi connectivity index (χ1v) is 7.57. The molecule has 2 N–H and O–H groups in total. The van der Waals surface area contributed by atoms with Crippen LogP contribution >= 0.6 is 0 Å². The zero-order valence-electron chi connectivity index (χ0n) is 12.5. The molecule has 0 saturated heterocycles. The van der Waals surface area contributed by atoms with E-state index in [4.69, 9.17) is 5.11 Å². The molecule has 5 heteroatoms. The Kier molecular flexibility index (Phi) is 4.07. The van der Waals surface area contributed by atoms with Crippen LogP contribution in [0.3, 0.4) is 0 Å². The minimum atomic E-state index is -0.383. The van der Waals surface area contributed by atoms with Crippen molar-refractivity contribution in [2.45, 2.75) is 25.7 Å². The summed E-state index contributed by atoms with van der Waals surface area (Å²) in [7, 11) is 0. The third-order valence-electron chi connectivity index (χ3n) is 3.95. The Morgan fingerprint density at radius 2 is 2.23 bits per heavy atom. The van der Waals surface area contributed by atoms with E-state index in [1.54, 1.807) is 12.1 Å². The lowest BCUT2D eigenvalue weighted by Gasteiger charge is -2.12. The van der Waals surface area contributed by atoms with Crippen molar-refractivity contribution in [3.63, 3.8) is 0 Å². The summed E-state index contributed by atoms with van der Waals surface area (Å²) in [6.45, 7) is 2.24. The number of aliphatic hydroxyl groups excluding tert-OH is 1. The van der Waals surface area contributed by atoms with Crippen LogP contribution in [0.25, 0.3) is 10.9 Å². The Morgan fingerprint density at radius 3 is 2.91 bits per heavy atom. The van der Waals surface area contributed by atoms with Gasteiger partial charge in [-0.05, 0) is 43.0 Å². The fourth-order valence-corrected chi connectivity index (χ4v) is 2.42. The Morgan fingerprint density at radius 1 is 1.45 bits per heavy atom. The second-order valence-corrected chi connectivity index (χ2v) is 6.03. The van der Waals surface area contributed by atoms with Gasteiger partial charge in [0.1, 0.15) is 5.82 Å². The van der Waals surface area contributed by atoms with Crippen molar-refractivity contribution in [1.82, 2.24) is 10.3 Å². The maximum Gasteiger partial charge on any atom is 0.252 e. The molecule has 0 radical (unpaired) electrons. The Balaban J connectivity index is 1.98. The van der Waals surface area contributed by atoms with Gasteiger partial charge in [-0.2, -0.15) is 0 Å². The van der Waals surface area contributed by atoms with E-state index in [1.807, 2.05) is 6.92 Å². The van der Waals surface area contributed by atoms with E-state index in [0.717, 1.165) is 18.5 Å². The van der Waals surface area contributed by atoms with E-state index in [-0.39, 0.29) is 24.2 Å². The molecule has 1 aromatic carbocycles. The molecule has 0 aliphatic heterocycles. The summed E-state index contributed by atoms with van der Waals surface area (Å²) in [6.07, 6.45) is 2.17. The molecule has 1 aromatic heterocycles. The second-order valence-electron chi connectivity index (χ2n) is 6.03. The molecule has 4 nitrogen and oxygen atoms in total. The highest BCUT2D eigenvalue weighted by molar-refractivity contribution is 6.06. The quantitative estimate of drug-likeness (QED) is 0.892. The van der Waals surface area contributed by atoms with E-state index < -0.39 is 0 Å². The number of nitrogens with one attached hydrogen (secondary N) is 1. The van der Waals surface area contributed by atoms with Gasteiger partial charge in [-0.3, -0.25) is 9.78 Å². The molecule has 3 rings (SSSR count). The van der Waals surface area contributed by atoms with Crippen molar-refractivity contribution in [1.29, 1.82) is 0 Å². The molecule has 1 fully saturated rings. The summed E-state index contributed by atoms with van der Waals surface area (Å²) in [6, 6.07) is 6.10. The van der Waals surface area contributed by atoms with Crippen LogP contribution in [0.2, 0.25) is 0 Å². The predicted molar refractivity (Wildman–Crippen MR) is 82.3 cm³/mol. The molecular weight excluding hydrogens is 283 g/mol. The number of carbonyl (C=O) groups excluding carboxylic acids is 1. The van der Waals surface area contributed by atoms with E-state index in [0.29, 0.717) is 28.9 Å². The highest BCUT2D eigenvalue weighted by Gasteiger charge is 2.27. The first-order chi connectivity index (χ1) is 10.6. The lowest BCUT2D eigenvalue weighted by molar-refractivity contribution is 0.0944. The van der Waals surface area contributed by atoms with Gasteiger partial charge < -0.3 is 10.4 Å². The summed E-state index contributed by atoms with van der Waals surface area (Å²) >= 11 is 0. The summed E-state index contributed by atoms with van der Waals surface area (Å²) < 4.78 is 13.5. The number of amides is 1. The maximum atomic E-state index is 13.5. The number of nitrogens with zero attached hydrogens (tertiary/aromatic N) is 1. The van der Waals surface area contributed by atoms with Crippen LogP contribution in [-0.2, 0) is 0 Å². The SMILES string of the molecule is CC(CO)CNC(=O)c1cc(C2CC2)nc2ccc(F)cc12.